The minimum absolute atomic E-state index is 0.0656. The zero-order chi connectivity index (χ0) is 20.3. The Morgan fingerprint density at radius 2 is 2.25 bits per heavy atom. The van der Waals surface area contributed by atoms with Crippen LogP contribution in [-0.4, -0.2) is 39.2 Å². The number of aromatic nitrogens is 3. The lowest BCUT2D eigenvalue weighted by molar-refractivity contribution is -0.386. The maximum atomic E-state index is 11.5. The number of methoxy groups -OCH3 is 1. The molecule has 3 rings (SSSR count). The Bertz CT molecular complexity index is 1070. The fourth-order valence-electron chi connectivity index (χ4n) is 2.41. The second-order valence-electron chi connectivity index (χ2n) is 5.88. The van der Waals surface area contributed by atoms with E-state index in [0.29, 0.717) is 17.1 Å². The van der Waals surface area contributed by atoms with E-state index in [0.717, 1.165) is 0 Å². The summed E-state index contributed by atoms with van der Waals surface area (Å²) in [5.74, 6) is 1.13. The van der Waals surface area contributed by atoms with Crippen LogP contribution in [0, 0.1) is 14.9 Å². The topological polar surface area (TPSA) is 121 Å². The first-order valence-corrected chi connectivity index (χ1v) is 8.60. The molecule has 2 aromatic heterocycles. The molecule has 0 atom stereocenters. The fourth-order valence-corrected chi connectivity index (χ4v) is 2.59. The standard InChI is InChI=1S/C17H17N5O5S/c1-10(2)27-15-12(22(23)24)7-11(8-14(15)25-3)9-18-21-16(19-20-17(21)28)13-5-4-6-26-13/h4-10H,1-3H3,(H,20,28)/b18-9-. The summed E-state index contributed by atoms with van der Waals surface area (Å²) < 4.78 is 17.7. The third-order valence-corrected chi connectivity index (χ3v) is 3.81. The van der Waals surface area contributed by atoms with Gasteiger partial charge in [0.05, 0.1) is 30.6 Å². The molecule has 28 heavy (non-hydrogen) atoms. The molecule has 0 aliphatic heterocycles. The third kappa shape index (κ3) is 3.93. The van der Waals surface area contributed by atoms with Crippen molar-refractivity contribution in [2.75, 3.05) is 7.11 Å². The van der Waals surface area contributed by atoms with E-state index in [1.807, 2.05) is 0 Å². The molecule has 2 heterocycles. The number of nitro groups is 1. The van der Waals surface area contributed by atoms with Crippen LogP contribution in [0.15, 0.2) is 40.0 Å². The zero-order valence-corrected chi connectivity index (χ0v) is 16.1. The van der Waals surface area contributed by atoms with Crippen molar-refractivity contribution in [3.63, 3.8) is 0 Å². The summed E-state index contributed by atoms with van der Waals surface area (Å²) >= 11 is 5.18. The Hall–Kier alpha value is -3.47. The van der Waals surface area contributed by atoms with Crippen LogP contribution in [0.25, 0.3) is 11.6 Å². The predicted molar refractivity (Wildman–Crippen MR) is 104 cm³/mol. The molecule has 11 heteroatoms. The summed E-state index contributed by atoms with van der Waals surface area (Å²) in [6, 6.07) is 6.36. The van der Waals surface area contributed by atoms with Crippen molar-refractivity contribution in [3.8, 4) is 23.1 Å². The number of nitrogens with zero attached hydrogens (tertiary/aromatic N) is 4. The van der Waals surface area contributed by atoms with Gasteiger partial charge in [0.15, 0.2) is 11.5 Å². The number of rotatable bonds is 7. The maximum absolute atomic E-state index is 11.5. The van der Waals surface area contributed by atoms with E-state index in [1.54, 1.807) is 32.0 Å². The van der Waals surface area contributed by atoms with Gasteiger partial charge in [-0.15, -0.1) is 5.10 Å². The molecular weight excluding hydrogens is 386 g/mol. The number of ether oxygens (including phenoxy) is 2. The minimum Gasteiger partial charge on any atom is -0.493 e. The van der Waals surface area contributed by atoms with Gasteiger partial charge in [-0.25, -0.2) is 5.10 Å². The largest absolute Gasteiger partial charge is 0.493 e. The van der Waals surface area contributed by atoms with E-state index >= 15 is 0 Å². The van der Waals surface area contributed by atoms with Gasteiger partial charge in [0, 0.05) is 11.6 Å². The van der Waals surface area contributed by atoms with Crippen molar-refractivity contribution >= 4 is 24.1 Å². The number of nitrogens with one attached hydrogen (secondary N) is 1. The lowest BCUT2D eigenvalue weighted by Crippen LogP contribution is -2.09. The van der Waals surface area contributed by atoms with E-state index in [1.165, 1.54) is 30.3 Å². The molecule has 10 nitrogen and oxygen atoms in total. The SMILES string of the molecule is COc1cc(/C=N\n2c(-c3ccco3)n[nH]c2=S)cc([N+](=O)[O-])c1OC(C)C. The van der Waals surface area contributed by atoms with Crippen molar-refractivity contribution in [1.82, 2.24) is 14.9 Å². The number of nitro benzene ring substituents is 1. The summed E-state index contributed by atoms with van der Waals surface area (Å²) in [6.07, 6.45) is 2.65. The molecule has 146 valence electrons. The van der Waals surface area contributed by atoms with Crippen LogP contribution in [-0.2, 0) is 0 Å². The molecule has 0 saturated carbocycles. The van der Waals surface area contributed by atoms with Gasteiger partial charge in [-0.05, 0) is 44.3 Å². The van der Waals surface area contributed by atoms with E-state index in [-0.39, 0.29) is 28.1 Å². The average Bonchev–Trinajstić information content (AvgIpc) is 3.29. The van der Waals surface area contributed by atoms with Crippen molar-refractivity contribution in [3.05, 3.63) is 51.0 Å². The molecule has 0 aliphatic rings. The van der Waals surface area contributed by atoms with Crippen LogP contribution >= 0.6 is 12.2 Å². The Morgan fingerprint density at radius 3 is 2.86 bits per heavy atom. The van der Waals surface area contributed by atoms with Crippen LogP contribution in [0.4, 0.5) is 5.69 Å². The highest BCUT2D eigenvalue weighted by atomic mass is 32.1. The number of hydrogen-bond donors (Lipinski definition) is 1. The fraction of sp³-hybridized carbons (Fsp3) is 0.235. The zero-order valence-electron chi connectivity index (χ0n) is 15.3. The lowest BCUT2D eigenvalue weighted by Gasteiger charge is -2.14. The van der Waals surface area contributed by atoms with Crippen LogP contribution in [0.2, 0.25) is 0 Å². The first-order valence-electron chi connectivity index (χ1n) is 8.19. The summed E-state index contributed by atoms with van der Waals surface area (Å²) in [5.41, 5.74) is 0.199. The summed E-state index contributed by atoms with van der Waals surface area (Å²) in [7, 11) is 1.41. The normalized spacial score (nSPS) is 11.3. The van der Waals surface area contributed by atoms with Crippen molar-refractivity contribution < 1.29 is 18.8 Å². The van der Waals surface area contributed by atoms with E-state index in [2.05, 4.69) is 15.3 Å². The number of H-pyrrole nitrogens is 1. The van der Waals surface area contributed by atoms with Crippen LogP contribution < -0.4 is 9.47 Å². The first-order chi connectivity index (χ1) is 13.4. The van der Waals surface area contributed by atoms with Crippen molar-refractivity contribution in [1.29, 1.82) is 0 Å². The van der Waals surface area contributed by atoms with Gasteiger partial charge in [-0.3, -0.25) is 10.1 Å². The second-order valence-corrected chi connectivity index (χ2v) is 6.27. The number of hydrogen-bond acceptors (Lipinski definition) is 8. The molecule has 0 saturated heterocycles. The van der Waals surface area contributed by atoms with Gasteiger partial charge < -0.3 is 13.9 Å². The van der Waals surface area contributed by atoms with E-state index < -0.39 is 4.92 Å². The minimum atomic E-state index is -0.532. The number of benzene rings is 1. The van der Waals surface area contributed by atoms with Crippen molar-refractivity contribution in [2.45, 2.75) is 20.0 Å². The Morgan fingerprint density at radius 1 is 1.46 bits per heavy atom. The molecule has 3 aromatic rings. The Kier molecular flexibility index (Phi) is 5.54. The smallest absolute Gasteiger partial charge is 0.315 e. The van der Waals surface area contributed by atoms with Gasteiger partial charge in [0.25, 0.3) is 0 Å². The molecule has 1 N–H and O–H groups in total. The highest BCUT2D eigenvalue weighted by Crippen LogP contribution is 2.38. The molecule has 0 unspecified atom stereocenters. The summed E-state index contributed by atoms with van der Waals surface area (Å²) in [6.45, 7) is 3.55. The Balaban J connectivity index is 2.04. The highest BCUT2D eigenvalue weighted by Gasteiger charge is 2.23. The molecule has 0 aliphatic carbocycles. The molecule has 0 spiro atoms. The first kappa shape index (κ1) is 19.3. The molecule has 0 amide bonds. The monoisotopic (exact) mass is 403 g/mol. The Labute approximate surface area is 164 Å². The molecule has 0 bridgehead atoms. The lowest BCUT2D eigenvalue weighted by atomic mass is 10.2. The third-order valence-electron chi connectivity index (χ3n) is 3.54. The molecule has 0 fully saturated rings. The van der Waals surface area contributed by atoms with Gasteiger partial charge >= 0.3 is 5.69 Å². The average molecular weight is 403 g/mol. The van der Waals surface area contributed by atoms with Crippen LogP contribution in [0.5, 0.6) is 11.5 Å². The summed E-state index contributed by atoms with van der Waals surface area (Å²) in [4.78, 5) is 11.0. The highest BCUT2D eigenvalue weighted by molar-refractivity contribution is 7.71. The molecular formula is C17H17N5O5S. The molecule has 0 radical (unpaired) electrons. The van der Waals surface area contributed by atoms with Crippen molar-refractivity contribution in [2.24, 2.45) is 5.10 Å². The summed E-state index contributed by atoms with van der Waals surface area (Å²) in [5, 5.41) is 22.5. The van der Waals surface area contributed by atoms with Gasteiger partial charge in [-0.1, -0.05) is 0 Å². The number of aromatic amines is 1. The van der Waals surface area contributed by atoms with Gasteiger partial charge in [-0.2, -0.15) is 9.78 Å². The predicted octanol–water partition coefficient (Wildman–Crippen LogP) is 3.79. The van der Waals surface area contributed by atoms with Gasteiger partial charge in [0.1, 0.15) is 0 Å². The quantitative estimate of drug-likeness (QED) is 0.276. The van der Waals surface area contributed by atoms with Crippen LogP contribution in [0.1, 0.15) is 19.4 Å². The van der Waals surface area contributed by atoms with Gasteiger partial charge in [0.2, 0.25) is 16.3 Å². The maximum Gasteiger partial charge on any atom is 0.315 e. The number of furan rings is 1. The van der Waals surface area contributed by atoms with E-state index in [4.69, 9.17) is 26.1 Å². The molecule has 1 aromatic carbocycles. The van der Waals surface area contributed by atoms with Crippen LogP contribution in [0.3, 0.4) is 0 Å². The van der Waals surface area contributed by atoms with E-state index in [9.17, 15) is 10.1 Å². The second kappa shape index (κ2) is 8.05.